The molecule has 2 nitrogen and oxygen atoms in total. The molecule has 0 N–H and O–H groups in total. The zero-order chi connectivity index (χ0) is 16.1. The van der Waals surface area contributed by atoms with Crippen LogP contribution in [0.25, 0.3) is 0 Å². The molecule has 23 heavy (non-hydrogen) atoms. The number of benzene rings is 2. The SMILES string of the molecule is CC1CCCCN1C(=O)c1ccccc1CCc1ccccc1. The highest BCUT2D eigenvalue weighted by Crippen LogP contribution is 2.21. The van der Waals surface area contributed by atoms with Gasteiger partial charge in [0.25, 0.3) is 5.91 Å². The van der Waals surface area contributed by atoms with Gasteiger partial charge in [-0.2, -0.15) is 0 Å². The van der Waals surface area contributed by atoms with Crippen molar-refractivity contribution in [2.75, 3.05) is 6.54 Å². The molecule has 120 valence electrons. The standard InChI is InChI=1S/C21H25NO/c1-17-9-7-8-16-22(17)21(23)20-13-6-5-12-19(20)15-14-18-10-3-2-4-11-18/h2-6,10-13,17H,7-9,14-16H2,1H3. The molecule has 2 aromatic carbocycles. The minimum Gasteiger partial charge on any atom is -0.336 e. The molecule has 0 aliphatic carbocycles. The normalized spacial score (nSPS) is 18.0. The Morgan fingerprint density at radius 3 is 2.52 bits per heavy atom. The molecule has 0 aromatic heterocycles. The lowest BCUT2D eigenvalue weighted by atomic mass is 9.97. The fraction of sp³-hybridized carbons (Fsp3) is 0.381. The number of nitrogens with zero attached hydrogens (tertiary/aromatic N) is 1. The van der Waals surface area contributed by atoms with E-state index in [0.717, 1.165) is 37.8 Å². The van der Waals surface area contributed by atoms with Gasteiger partial charge in [0.2, 0.25) is 0 Å². The molecule has 0 radical (unpaired) electrons. The number of hydrogen-bond acceptors (Lipinski definition) is 1. The van der Waals surface area contributed by atoms with Crippen LogP contribution >= 0.6 is 0 Å². The van der Waals surface area contributed by atoms with Crippen LogP contribution in [0, 0.1) is 0 Å². The van der Waals surface area contributed by atoms with E-state index < -0.39 is 0 Å². The van der Waals surface area contributed by atoms with Gasteiger partial charge in [0, 0.05) is 18.2 Å². The monoisotopic (exact) mass is 307 g/mol. The third kappa shape index (κ3) is 3.82. The second-order valence-corrected chi connectivity index (χ2v) is 6.49. The summed E-state index contributed by atoms with van der Waals surface area (Å²) in [5.74, 6) is 0.209. The molecule has 2 heteroatoms. The Balaban J connectivity index is 1.76. The Kier molecular flexibility index (Phi) is 5.12. The van der Waals surface area contributed by atoms with Gasteiger partial charge in [-0.3, -0.25) is 4.79 Å². The van der Waals surface area contributed by atoms with Gasteiger partial charge in [0.15, 0.2) is 0 Å². The molecule has 1 aliphatic rings. The summed E-state index contributed by atoms with van der Waals surface area (Å²) >= 11 is 0. The smallest absolute Gasteiger partial charge is 0.254 e. The average molecular weight is 307 g/mol. The van der Waals surface area contributed by atoms with Crippen molar-refractivity contribution >= 4 is 5.91 Å². The molecular weight excluding hydrogens is 282 g/mol. The Morgan fingerprint density at radius 1 is 1.00 bits per heavy atom. The molecular formula is C21H25NO. The Hall–Kier alpha value is -2.09. The summed E-state index contributed by atoms with van der Waals surface area (Å²) in [5.41, 5.74) is 3.37. The van der Waals surface area contributed by atoms with Crippen molar-refractivity contribution in [1.29, 1.82) is 0 Å². The number of hydrogen-bond donors (Lipinski definition) is 0. The van der Waals surface area contributed by atoms with Crippen molar-refractivity contribution in [2.24, 2.45) is 0 Å². The molecule has 1 amide bonds. The highest BCUT2D eigenvalue weighted by atomic mass is 16.2. The van der Waals surface area contributed by atoms with E-state index in [1.165, 1.54) is 17.5 Å². The lowest BCUT2D eigenvalue weighted by Crippen LogP contribution is -2.42. The molecule has 0 saturated carbocycles. The zero-order valence-corrected chi connectivity index (χ0v) is 13.9. The van der Waals surface area contributed by atoms with Gasteiger partial charge < -0.3 is 4.90 Å². The van der Waals surface area contributed by atoms with Crippen LogP contribution in [-0.4, -0.2) is 23.4 Å². The second kappa shape index (κ2) is 7.45. The van der Waals surface area contributed by atoms with Crippen molar-refractivity contribution in [1.82, 2.24) is 4.90 Å². The van der Waals surface area contributed by atoms with Gasteiger partial charge in [0.1, 0.15) is 0 Å². The fourth-order valence-corrected chi connectivity index (χ4v) is 3.43. The van der Waals surface area contributed by atoms with Crippen molar-refractivity contribution in [3.63, 3.8) is 0 Å². The van der Waals surface area contributed by atoms with Gasteiger partial charge in [-0.05, 0) is 56.2 Å². The summed E-state index contributed by atoms with van der Waals surface area (Å²) in [7, 11) is 0. The van der Waals surface area contributed by atoms with Crippen LogP contribution in [-0.2, 0) is 12.8 Å². The summed E-state index contributed by atoms with van der Waals surface area (Å²) in [6, 6.07) is 19.0. The highest BCUT2D eigenvalue weighted by Gasteiger charge is 2.25. The topological polar surface area (TPSA) is 20.3 Å². The molecule has 1 aliphatic heterocycles. The van der Waals surface area contributed by atoms with E-state index in [1.54, 1.807) is 0 Å². The lowest BCUT2D eigenvalue weighted by molar-refractivity contribution is 0.0634. The molecule has 1 heterocycles. The Labute approximate surface area is 139 Å². The third-order valence-electron chi connectivity index (χ3n) is 4.84. The van der Waals surface area contributed by atoms with E-state index in [-0.39, 0.29) is 5.91 Å². The molecule has 1 unspecified atom stereocenters. The van der Waals surface area contributed by atoms with Gasteiger partial charge in [-0.25, -0.2) is 0 Å². The van der Waals surface area contributed by atoms with E-state index in [1.807, 2.05) is 24.3 Å². The first-order valence-electron chi connectivity index (χ1n) is 8.68. The van der Waals surface area contributed by atoms with Crippen molar-refractivity contribution < 1.29 is 4.79 Å². The number of rotatable bonds is 4. The second-order valence-electron chi connectivity index (χ2n) is 6.49. The highest BCUT2D eigenvalue weighted by molar-refractivity contribution is 5.96. The number of carbonyl (C=O) groups excluding carboxylic acids is 1. The summed E-state index contributed by atoms with van der Waals surface area (Å²) < 4.78 is 0. The average Bonchev–Trinajstić information content (AvgIpc) is 2.61. The number of aryl methyl sites for hydroxylation is 2. The van der Waals surface area contributed by atoms with Crippen LogP contribution in [0.4, 0.5) is 0 Å². The van der Waals surface area contributed by atoms with Crippen LogP contribution in [0.3, 0.4) is 0 Å². The summed E-state index contributed by atoms with van der Waals surface area (Å²) in [4.78, 5) is 15.0. The minimum atomic E-state index is 0.209. The molecule has 1 atom stereocenters. The quantitative estimate of drug-likeness (QED) is 0.815. The summed E-state index contributed by atoms with van der Waals surface area (Å²) in [6.45, 7) is 3.07. The number of piperidine rings is 1. The maximum absolute atomic E-state index is 13.0. The molecule has 0 bridgehead atoms. The van der Waals surface area contributed by atoms with Gasteiger partial charge in [-0.1, -0.05) is 48.5 Å². The first-order valence-corrected chi connectivity index (χ1v) is 8.68. The molecule has 0 spiro atoms. The minimum absolute atomic E-state index is 0.209. The van der Waals surface area contributed by atoms with Crippen LogP contribution in [0.15, 0.2) is 54.6 Å². The largest absolute Gasteiger partial charge is 0.336 e. The first kappa shape index (κ1) is 15.8. The first-order chi connectivity index (χ1) is 11.3. The van der Waals surface area contributed by atoms with E-state index in [2.05, 4.69) is 42.2 Å². The van der Waals surface area contributed by atoms with E-state index in [9.17, 15) is 4.79 Å². The third-order valence-corrected chi connectivity index (χ3v) is 4.84. The summed E-state index contributed by atoms with van der Waals surface area (Å²) in [6.07, 6.45) is 5.37. The van der Waals surface area contributed by atoms with E-state index >= 15 is 0 Å². The Morgan fingerprint density at radius 2 is 1.74 bits per heavy atom. The lowest BCUT2D eigenvalue weighted by Gasteiger charge is -2.34. The predicted molar refractivity (Wildman–Crippen MR) is 94.6 cm³/mol. The zero-order valence-electron chi connectivity index (χ0n) is 13.9. The molecule has 3 rings (SSSR count). The molecule has 2 aromatic rings. The predicted octanol–water partition coefficient (Wildman–Crippen LogP) is 4.49. The van der Waals surface area contributed by atoms with Crippen LogP contribution in [0.1, 0.15) is 47.7 Å². The van der Waals surface area contributed by atoms with E-state index in [0.29, 0.717) is 6.04 Å². The maximum Gasteiger partial charge on any atom is 0.254 e. The number of carbonyl (C=O) groups is 1. The van der Waals surface area contributed by atoms with Gasteiger partial charge >= 0.3 is 0 Å². The van der Waals surface area contributed by atoms with Crippen LogP contribution in [0.2, 0.25) is 0 Å². The number of likely N-dealkylation sites (tertiary alicyclic amines) is 1. The van der Waals surface area contributed by atoms with Gasteiger partial charge in [-0.15, -0.1) is 0 Å². The van der Waals surface area contributed by atoms with E-state index in [4.69, 9.17) is 0 Å². The molecule has 1 fully saturated rings. The fourth-order valence-electron chi connectivity index (χ4n) is 3.43. The van der Waals surface area contributed by atoms with Crippen LogP contribution < -0.4 is 0 Å². The van der Waals surface area contributed by atoms with Gasteiger partial charge in [0.05, 0.1) is 0 Å². The number of amides is 1. The van der Waals surface area contributed by atoms with Crippen molar-refractivity contribution in [2.45, 2.75) is 45.1 Å². The Bertz CT molecular complexity index is 650. The molecule has 1 saturated heterocycles. The van der Waals surface area contributed by atoms with Crippen molar-refractivity contribution in [3.05, 3.63) is 71.3 Å². The summed E-state index contributed by atoms with van der Waals surface area (Å²) in [5, 5.41) is 0. The van der Waals surface area contributed by atoms with Crippen molar-refractivity contribution in [3.8, 4) is 0 Å². The van der Waals surface area contributed by atoms with Crippen LogP contribution in [0.5, 0.6) is 0 Å². The maximum atomic E-state index is 13.0.